The molecule has 1 atom stereocenters. The van der Waals surface area contributed by atoms with Crippen LogP contribution in [0.1, 0.15) is 42.9 Å². The molecule has 2 rings (SSSR count). The molecule has 0 spiro atoms. The lowest BCUT2D eigenvalue weighted by Crippen LogP contribution is -2.08. The van der Waals surface area contributed by atoms with Crippen LogP contribution >= 0.6 is 31.9 Å². The second-order valence-corrected chi connectivity index (χ2v) is 7.32. The Morgan fingerprint density at radius 2 is 1.62 bits per heavy atom. The summed E-state index contributed by atoms with van der Waals surface area (Å²) >= 11 is 6.90. The zero-order chi connectivity index (χ0) is 19.7. The number of aliphatic carboxylic acids is 2. The van der Waals surface area contributed by atoms with Gasteiger partial charge in [-0.3, -0.25) is 9.59 Å². The molecule has 1 unspecified atom stereocenters. The first kappa shape index (κ1) is 22.4. The van der Waals surface area contributed by atoms with E-state index in [9.17, 15) is 9.59 Å². The van der Waals surface area contributed by atoms with Crippen LogP contribution in [0.25, 0.3) is 0 Å². The predicted molar refractivity (Wildman–Crippen MR) is 110 cm³/mol. The first-order valence-electron chi connectivity index (χ1n) is 8.23. The Morgan fingerprint density at radius 3 is 2.12 bits per heavy atom. The lowest BCUT2D eigenvalue weighted by molar-refractivity contribution is -0.138. The van der Waals surface area contributed by atoms with Crippen molar-refractivity contribution < 1.29 is 19.8 Å². The molecule has 0 aliphatic heterocycles. The molecule has 0 aliphatic carbocycles. The van der Waals surface area contributed by atoms with E-state index in [4.69, 9.17) is 10.2 Å². The van der Waals surface area contributed by atoms with Crippen LogP contribution < -0.4 is 0 Å². The van der Waals surface area contributed by atoms with Gasteiger partial charge < -0.3 is 10.2 Å². The van der Waals surface area contributed by atoms with Gasteiger partial charge in [0.15, 0.2) is 0 Å². The number of hydrogen-bond acceptors (Lipinski definition) is 2. The highest BCUT2D eigenvalue weighted by molar-refractivity contribution is 9.13. The molecule has 0 fully saturated rings. The van der Waals surface area contributed by atoms with E-state index in [0.29, 0.717) is 6.42 Å². The molecule has 0 heterocycles. The van der Waals surface area contributed by atoms with Gasteiger partial charge in [0.25, 0.3) is 0 Å². The molecule has 2 N–H and O–H groups in total. The fourth-order valence-corrected chi connectivity index (χ4v) is 3.61. The summed E-state index contributed by atoms with van der Waals surface area (Å²) in [5.74, 6) is -2.05. The smallest absolute Gasteiger partial charge is 0.310 e. The van der Waals surface area contributed by atoms with Crippen molar-refractivity contribution in [3.63, 3.8) is 0 Å². The molecule has 0 saturated carbocycles. The zero-order valence-electron chi connectivity index (χ0n) is 14.7. The van der Waals surface area contributed by atoms with Crippen LogP contribution in [0.5, 0.6) is 0 Å². The fourth-order valence-electron chi connectivity index (χ4n) is 2.24. The van der Waals surface area contributed by atoms with Gasteiger partial charge in [-0.25, -0.2) is 0 Å². The molecule has 2 aromatic rings. The SMILES string of the molecule is CCc1ccc(C(C)C(=O)O)c(Br)c1Br.O=C(O)CCc1ccccc1. The lowest BCUT2D eigenvalue weighted by atomic mass is 9.99. The maximum Gasteiger partial charge on any atom is 0.310 e. The van der Waals surface area contributed by atoms with Crippen LogP contribution in [0.4, 0.5) is 0 Å². The van der Waals surface area contributed by atoms with Gasteiger partial charge in [-0.15, -0.1) is 0 Å². The Labute approximate surface area is 170 Å². The van der Waals surface area contributed by atoms with Crippen LogP contribution in [-0.2, 0) is 22.4 Å². The summed E-state index contributed by atoms with van der Waals surface area (Å²) in [5.41, 5.74) is 3.05. The summed E-state index contributed by atoms with van der Waals surface area (Å²) in [7, 11) is 0. The molecular weight excluding hydrogens is 464 g/mol. The predicted octanol–water partition coefficient (Wildman–Crippen LogP) is 5.67. The van der Waals surface area contributed by atoms with Crippen molar-refractivity contribution in [3.8, 4) is 0 Å². The molecule has 2 aromatic carbocycles. The van der Waals surface area contributed by atoms with E-state index in [1.165, 1.54) is 5.56 Å². The first-order valence-corrected chi connectivity index (χ1v) is 9.81. The van der Waals surface area contributed by atoms with Crippen molar-refractivity contribution in [2.24, 2.45) is 0 Å². The molecular formula is C20H22Br2O4. The normalized spacial score (nSPS) is 11.2. The van der Waals surface area contributed by atoms with E-state index in [0.717, 1.165) is 26.5 Å². The summed E-state index contributed by atoms with van der Waals surface area (Å²) in [5, 5.41) is 17.3. The molecule has 0 aromatic heterocycles. The van der Waals surface area contributed by atoms with E-state index < -0.39 is 17.9 Å². The van der Waals surface area contributed by atoms with Crippen molar-refractivity contribution in [1.82, 2.24) is 0 Å². The Hall–Kier alpha value is -1.66. The summed E-state index contributed by atoms with van der Waals surface area (Å²) in [6, 6.07) is 13.4. The lowest BCUT2D eigenvalue weighted by Gasteiger charge is -2.12. The van der Waals surface area contributed by atoms with Crippen molar-refractivity contribution in [1.29, 1.82) is 0 Å². The maximum atomic E-state index is 10.9. The van der Waals surface area contributed by atoms with Crippen molar-refractivity contribution >= 4 is 43.8 Å². The third-order valence-electron chi connectivity index (χ3n) is 3.88. The van der Waals surface area contributed by atoms with Gasteiger partial charge in [0.05, 0.1) is 5.92 Å². The number of aryl methyl sites for hydroxylation is 2. The third kappa shape index (κ3) is 6.92. The van der Waals surface area contributed by atoms with Gasteiger partial charge in [-0.1, -0.05) is 49.4 Å². The Bertz CT molecular complexity index is 745. The molecule has 6 heteroatoms. The summed E-state index contributed by atoms with van der Waals surface area (Å²) in [6.07, 6.45) is 1.75. The van der Waals surface area contributed by atoms with Crippen LogP contribution in [0.15, 0.2) is 51.4 Å². The van der Waals surface area contributed by atoms with Gasteiger partial charge >= 0.3 is 11.9 Å². The second-order valence-electron chi connectivity index (χ2n) is 5.73. The number of carboxylic acid groups (broad SMARTS) is 2. The summed E-state index contributed by atoms with van der Waals surface area (Å²) < 4.78 is 1.80. The molecule has 0 radical (unpaired) electrons. The van der Waals surface area contributed by atoms with Crippen LogP contribution in [0, 0.1) is 0 Å². The van der Waals surface area contributed by atoms with Gasteiger partial charge in [0, 0.05) is 15.4 Å². The Balaban J connectivity index is 0.000000273. The minimum atomic E-state index is -0.813. The molecule has 140 valence electrons. The molecule has 26 heavy (non-hydrogen) atoms. The molecule has 0 saturated heterocycles. The highest BCUT2D eigenvalue weighted by atomic mass is 79.9. The van der Waals surface area contributed by atoms with E-state index in [1.54, 1.807) is 6.92 Å². The van der Waals surface area contributed by atoms with E-state index >= 15 is 0 Å². The highest BCUT2D eigenvalue weighted by Gasteiger charge is 2.18. The number of carbonyl (C=O) groups is 2. The number of rotatable bonds is 6. The molecule has 0 amide bonds. The second kappa shape index (κ2) is 11.1. The number of carboxylic acids is 2. The zero-order valence-corrected chi connectivity index (χ0v) is 17.9. The fraction of sp³-hybridized carbons (Fsp3) is 0.300. The van der Waals surface area contributed by atoms with Crippen LogP contribution in [-0.4, -0.2) is 22.2 Å². The minimum Gasteiger partial charge on any atom is -0.481 e. The van der Waals surface area contributed by atoms with Crippen LogP contribution in [0.3, 0.4) is 0 Å². The third-order valence-corrected chi connectivity index (χ3v) is 6.17. The average molecular weight is 486 g/mol. The quantitative estimate of drug-likeness (QED) is 0.553. The van der Waals surface area contributed by atoms with Crippen molar-refractivity contribution in [3.05, 3.63) is 68.1 Å². The number of halogens is 2. The van der Waals surface area contributed by atoms with Gasteiger partial charge in [0.1, 0.15) is 0 Å². The van der Waals surface area contributed by atoms with E-state index in [2.05, 4.69) is 38.8 Å². The standard InChI is InChI=1S/C11H12Br2O2.C9H10O2/c1-3-7-4-5-8(6(2)11(14)15)10(13)9(7)12;10-9(11)7-6-8-4-2-1-3-5-8/h4-6H,3H2,1-2H3,(H,14,15);1-5H,6-7H2,(H,10,11). The highest BCUT2D eigenvalue weighted by Crippen LogP contribution is 2.34. The van der Waals surface area contributed by atoms with Gasteiger partial charge in [0.2, 0.25) is 0 Å². The average Bonchev–Trinajstić information content (AvgIpc) is 2.63. The summed E-state index contributed by atoms with van der Waals surface area (Å²) in [6.45, 7) is 3.74. The first-order chi connectivity index (χ1) is 12.3. The minimum absolute atomic E-state index is 0.212. The molecule has 0 aliphatic rings. The topological polar surface area (TPSA) is 74.6 Å². The van der Waals surface area contributed by atoms with E-state index in [-0.39, 0.29) is 6.42 Å². The Kier molecular flexibility index (Phi) is 9.59. The molecule has 4 nitrogen and oxygen atoms in total. The van der Waals surface area contributed by atoms with Crippen molar-refractivity contribution in [2.45, 2.75) is 39.0 Å². The maximum absolute atomic E-state index is 10.9. The molecule has 0 bridgehead atoms. The van der Waals surface area contributed by atoms with Crippen LogP contribution in [0.2, 0.25) is 0 Å². The number of hydrogen-bond donors (Lipinski definition) is 2. The Morgan fingerprint density at radius 1 is 1.00 bits per heavy atom. The van der Waals surface area contributed by atoms with Crippen molar-refractivity contribution in [2.75, 3.05) is 0 Å². The monoisotopic (exact) mass is 484 g/mol. The van der Waals surface area contributed by atoms with Gasteiger partial charge in [-0.05, 0) is 68.3 Å². The largest absolute Gasteiger partial charge is 0.481 e. The summed E-state index contributed by atoms with van der Waals surface area (Å²) in [4.78, 5) is 21.1. The van der Waals surface area contributed by atoms with Gasteiger partial charge in [-0.2, -0.15) is 0 Å². The van der Waals surface area contributed by atoms with E-state index in [1.807, 2.05) is 42.5 Å². The number of benzene rings is 2.